The van der Waals surface area contributed by atoms with Crippen LogP contribution in [0.1, 0.15) is 12.0 Å². The Bertz CT molecular complexity index is 374. The molecule has 0 N–H and O–H groups in total. The Balaban J connectivity index is 2.64. The summed E-state index contributed by atoms with van der Waals surface area (Å²) in [6.07, 6.45) is 1.86. The van der Waals surface area contributed by atoms with Crippen molar-refractivity contribution in [1.82, 2.24) is 0 Å². The molecular formula is C12H15NO2S. The first-order valence-corrected chi connectivity index (χ1v) is 6.02. The standard InChI is InChI=1S/C12H15NO2S/c1-14-11-5-6-12(15-2)10(8-11)4-3-7-16-9-13/h5-6,8H,3-4,7H2,1-2H3. The van der Waals surface area contributed by atoms with Gasteiger partial charge in [0.05, 0.1) is 14.2 Å². The van der Waals surface area contributed by atoms with Crippen LogP contribution in [-0.2, 0) is 6.42 Å². The maximum Gasteiger partial charge on any atom is 0.133 e. The van der Waals surface area contributed by atoms with E-state index in [0.29, 0.717) is 0 Å². The van der Waals surface area contributed by atoms with Crippen molar-refractivity contribution in [3.8, 4) is 16.9 Å². The third kappa shape index (κ3) is 3.67. The molecule has 86 valence electrons. The molecule has 3 nitrogen and oxygen atoms in total. The number of nitrogens with zero attached hydrogens (tertiary/aromatic N) is 1. The number of thiocyanates is 1. The van der Waals surface area contributed by atoms with Gasteiger partial charge in [0.15, 0.2) is 0 Å². The van der Waals surface area contributed by atoms with Crippen molar-refractivity contribution in [2.75, 3.05) is 20.0 Å². The van der Waals surface area contributed by atoms with Gasteiger partial charge in [-0.05, 0) is 48.4 Å². The summed E-state index contributed by atoms with van der Waals surface area (Å²) < 4.78 is 10.4. The third-order valence-corrected chi connectivity index (χ3v) is 2.87. The van der Waals surface area contributed by atoms with Crippen LogP contribution in [0, 0.1) is 10.7 Å². The van der Waals surface area contributed by atoms with E-state index < -0.39 is 0 Å². The van der Waals surface area contributed by atoms with E-state index in [1.807, 2.05) is 18.2 Å². The molecule has 0 heterocycles. The van der Waals surface area contributed by atoms with Gasteiger partial charge in [-0.1, -0.05) is 0 Å². The zero-order valence-corrected chi connectivity index (χ0v) is 10.3. The largest absolute Gasteiger partial charge is 0.497 e. The molecule has 0 aromatic heterocycles. The molecule has 0 saturated heterocycles. The average molecular weight is 237 g/mol. The smallest absolute Gasteiger partial charge is 0.133 e. The molecule has 0 amide bonds. The molecular weight excluding hydrogens is 222 g/mol. The lowest BCUT2D eigenvalue weighted by atomic mass is 10.1. The maximum atomic E-state index is 8.41. The Hall–Kier alpha value is -1.34. The second-order valence-electron chi connectivity index (χ2n) is 3.22. The summed E-state index contributed by atoms with van der Waals surface area (Å²) in [5.41, 5.74) is 1.13. The fraction of sp³-hybridized carbons (Fsp3) is 0.417. The highest BCUT2D eigenvalue weighted by atomic mass is 32.2. The predicted octanol–water partition coefficient (Wildman–Crippen LogP) is 2.85. The van der Waals surface area contributed by atoms with Gasteiger partial charge in [0.25, 0.3) is 0 Å². The summed E-state index contributed by atoms with van der Waals surface area (Å²) in [6, 6.07) is 5.77. The van der Waals surface area contributed by atoms with Crippen LogP contribution in [0.2, 0.25) is 0 Å². The lowest BCUT2D eigenvalue weighted by Crippen LogP contribution is -1.95. The number of hydrogen-bond acceptors (Lipinski definition) is 4. The summed E-state index contributed by atoms with van der Waals surface area (Å²) in [7, 11) is 3.31. The molecule has 0 saturated carbocycles. The zero-order valence-electron chi connectivity index (χ0n) is 9.53. The van der Waals surface area contributed by atoms with Crippen LogP contribution >= 0.6 is 11.8 Å². The molecule has 0 unspecified atom stereocenters. The van der Waals surface area contributed by atoms with Crippen LogP contribution in [0.15, 0.2) is 18.2 Å². The minimum atomic E-state index is 0.837. The minimum Gasteiger partial charge on any atom is -0.497 e. The van der Waals surface area contributed by atoms with Gasteiger partial charge in [0.1, 0.15) is 16.9 Å². The van der Waals surface area contributed by atoms with E-state index in [1.165, 1.54) is 11.8 Å². The number of hydrogen-bond donors (Lipinski definition) is 0. The first kappa shape index (κ1) is 12.7. The van der Waals surface area contributed by atoms with E-state index in [-0.39, 0.29) is 0 Å². The Morgan fingerprint density at radius 2 is 2.12 bits per heavy atom. The van der Waals surface area contributed by atoms with Gasteiger partial charge in [0.2, 0.25) is 0 Å². The predicted molar refractivity (Wildman–Crippen MR) is 65.9 cm³/mol. The number of nitriles is 1. The molecule has 0 radical (unpaired) electrons. The highest BCUT2D eigenvalue weighted by Gasteiger charge is 2.04. The highest BCUT2D eigenvalue weighted by molar-refractivity contribution is 8.03. The van der Waals surface area contributed by atoms with Crippen LogP contribution in [0.5, 0.6) is 11.5 Å². The molecule has 0 aliphatic rings. The fourth-order valence-corrected chi connectivity index (χ4v) is 1.84. The highest BCUT2D eigenvalue weighted by Crippen LogP contribution is 2.25. The van der Waals surface area contributed by atoms with Crippen LogP contribution < -0.4 is 9.47 Å². The minimum absolute atomic E-state index is 0.837. The summed E-state index contributed by atoms with van der Waals surface area (Å²) in [5.74, 6) is 2.56. The first-order chi connectivity index (χ1) is 7.81. The molecule has 1 aromatic rings. The normalized spacial score (nSPS) is 9.56. The van der Waals surface area contributed by atoms with E-state index in [4.69, 9.17) is 14.7 Å². The quantitative estimate of drug-likeness (QED) is 0.563. The van der Waals surface area contributed by atoms with Crippen LogP contribution in [0.4, 0.5) is 0 Å². The summed E-state index contributed by atoms with van der Waals surface area (Å²) in [6.45, 7) is 0. The number of ether oxygens (including phenoxy) is 2. The Morgan fingerprint density at radius 3 is 2.75 bits per heavy atom. The summed E-state index contributed by atoms with van der Waals surface area (Å²) >= 11 is 1.28. The Morgan fingerprint density at radius 1 is 1.31 bits per heavy atom. The van der Waals surface area contributed by atoms with E-state index in [2.05, 4.69) is 5.40 Å². The van der Waals surface area contributed by atoms with Crippen molar-refractivity contribution in [3.63, 3.8) is 0 Å². The molecule has 0 bridgehead atoms. The molecule has 16 heavy (non-hydrogen) atoms. The van der Waals surface area contributed by atoms with Crippen LogP contribution in [0.3, 0.4) is 0 Å². The molecule has 0 spiro atoms. The Kier molecular flexibility index (Phi) is 5.58. The second kappa shape index (κ2) is 7.02. The molecule has 0 fully saturated rings. The van der Waals surface area contributed by atoms with Gasteiger partial charge in [-0.3, -0.25) is 0 Å². The van der Waals surface area contributed by atoms with Crippen LogP contribution in [0.25, 0.3) is 0 Å². The van der Waals surface area contributed by atoms with E-state index in [1.54, 1.807) is 14.2 Å². The molecule has 1 rings (SSSR count). The van der Waals surface area contributed by atoms with Gasteiger partial charge in [-0.2, -0.15) is 5.26 Å². The zero-order chi connectivity index (χ0) is 11.8. The molecule has 0 aliphatic carbocycles. The maximum absolute atomic E-state index is 8.41. The number of aryl methyl sites for hydroxylation is 1. The summed E-state index contributed by atoms with van der Waals surface area (Å²) in [5, 5.41) is 10.5. The van der Waals surface area contributed by atoms with Crippen molar-refractivity contribution in [2.45, 2.75) is 12.8 Å². The fourth-order valence-electron chi connectivity index (χ4n) is 1.46. The van der Waals surface area contributed by atoms with Gasteiger partial charge < -0.3 is 9.47 Å². The van der Waals surface area contributed by atoms with E-state index in [9.17, 15) is 0 Å². The van der Waals surface area contributed by atoms with Crippen molar-refractivity contribution >= 4 is 11.8 Å². The van der Waals surface area contributed by atoms with Crippen molar-refractivity contribution in [1.29, 1.82) is 5.26 Å². The van der Waals surface area contributed by atoms with Crippen molar-refractivity contribution in [3.05, 3.63) is 23.8 Å². The van der Waals surface area contributed by atoms with Gasteiger partial charge in [-0.15, -0.1) is 0 Å². The lowest BCUT2D eigenvalue weighted by molar-refractivity contribution is 0.398. The van der Waals surface area contributed by atoms with Crippen molar-refractivity contribution in [2.24, 2.45) is 0 Å². The topological polar surface area (TPSA) is 42.2 Å². The van der Waals surface area contributed by atoms with Crippen molar-refractivity contribution < 1.29 is 9.47 Å². The second-order valence-corrected chi connectivity index (χ2v) is 4.10. The third-order valence-electron chi connectivity index (χ3n) is 2.24. The van der Waals surface area contributed by atoms with Gasteiger partial charge in [-0.25, -0.2) is 0 Å². The van der Waals surface area contributed by atoms with Crippen LogP contribution in [-0.4, -0.2) is 20.0 Å². The number of benzene rings is 1. The molecule has 0 atom stereocenters. The number of rotatable bonds is 6. The molecule has 1 aromatic carbocycles. The SMILES string of the molecule is COc1ccc(OC)c(CCCSC#N)c1. The van der Waals surface area contributed by atoms with Gasteiger partial charge >= 0.3 is 0 Å². The van der Waals surface area contributed by atoms with Gasteiger partial charge in [0, 0.05) is 5.75 Å². The first-order valence-electron chi connectivity index (χ1n) is 5.03. The monoisotopic (exact) mass is 237 g/mol. The summed E-state index contributed by atoms with van der Waals surface area (Å²) in [4.78, 5) is 0. The number of methoxy groups -OCH3 is 2. The number of thioether (sulfide) groups is 1. The lowest BCUT2D eigenvalue weighted by Gasteiger charge is -2.09. The van der Waals surface area contributed by atoms with E-state index in [0.717, 1.165) is 35.7 Å². The molecule has 0 aliphatic heterocycles. The Labute approximate surface area is 100 Å². The van der Waals surface area contributed by atoms with E-state index >= 15 is 0 Å². The average Bonchev–Trinajstić information content (AvgIpc) is 2.34. The molecule has 4 heteroatoms.